The van der Waals surface area contributed by atoms with Gasteiger partial charge in [-0.1, -0.05) is 62.4 Å². The van der Waals surface area contributed by atoms with Crippen LogP contribution >= 0.6 is 22.7 Å². The molecule has 3 amide bonds. The molecule has 2 saturated carbocycles. The summed E-state index contributed by atoms with van der Waals surface area (Å²) in [4.78, 5) is 45.4. The third kappa shape index (κ3) is 9.95. The molecule has 2 N–H and O–H groups in total. The molecule has 2 fully saturated rings. The summed E-state index contributed by atoms with van der Waals surface area (Å²) in [5, 5.41) is 27.7. The molecule has 0 radical (unpaired) electrons. The fraction of sp³-hybridized carbons (Fsp3) is 0.469. The van der Waals surface area contributed by atoms with E-state index in [1.807, 2.05) is 22.9 Å². The van der Waals surface area contributed by atoms with Gasteiger partial charge in [0.05, 0.1) is 83.2 Å². The van der Waals surface area contributed by atoms with E-state index in [9.17, 15) is 37.9 Å². The molecular formula is C49H55BrF3N5O5S2. The Morgan fingerprint density at radius 1 is 0.908 bits per heavy atom. The second-order valence-electron chi connectivity index (χ2n) is 18.3. The van der Waals surface area contributed by atoms with Crippen LogP contribution in [0.25, 0.3) is 0 Å². The maximum atomic E-state index is 14.0. The van der Waals surface area contributed by atoms with Gasteiger partial charge in [0.25, 0.3) is 5.91 Å². The summed E-state index contributed by atoms with van der Waals surface area (Å²) in [7, 11) is 4.63. The van der Waals surface area contributed by atoms with Crippen LogP contribution in [0.5, 0.6) is 0 Å². The number of carbonyl (C=O) groups excluding carboxylic acids is 3. The van der Waals surface area contributed by atoms with Gasteiger partial charge in [0.1, 0.15) is 6.10 Å². The van der Waals surface area contributed by atoms with E-state index in [-0.39, 0.29) is 47.1 Å². The van der Waals surface area contributed by atoms with Crippen molar-refractivity contribution in [1.29, 1.82) is 5.26 Å². The Bertz CT molecular complexity index is 2350. The van der Waals surface area contributed by atoms with Crippen molar-refractivity contribution in [2.24, 2.45) is 11.8 Å². The first-order chi connectivity index (χ1) is 30.7. The molecule has 4 aromatic rings. The van der Waals surface area contributed by atoms with Gasteiger partial charge in [0.2, 0.25) is 5.60 Å². The molecule has 0 spiro atoms. The molecule has 4 aliphatic rings. The number of hydrogen-bond donors (Lipinski definition) is 2. The SMILES string of the molecule is C[N+](C)(CCCCCCCCCCN1CC2=C(C1=O)[C@@H](c1ccc(C#N)cc1)NC(=O)N2c1cccc(C(F)(F)F)c1)C1C2CCC1C(OC(=O)C(O)(c1cccs1)c1cccs1)C2.[Br-]. The maximum absolute atomic E-state index is 14.0. The molecule has 0 saturated heterocycles. The summed E-state index contributed by atoms with van der Waals surface area (Å²) in [6.07, 6.45) is 6.46. The lowest BCUT2D eigenvalue weighted by Gasteiger charge is -2.39. The molecule has 4 unspecified atom stereocenters. The first kappa shape index (κ1) is 48.4. The Morgan fingerprint density at radius 3 is 2.17 bits per heavy atom. The second-order valence-corrected chi connectivity index (χ2v) is 20.1. The van der Waals surface area contributed by atoms with Crippen LogP contribution in [0.3, 0.4) is 0 Å². The first-order valence-electron chi connectivity index (χ1n) is 22.3. The molecule has 4 heterocycles. The van der Waals surface area contributed by atoms with Crippen LogP contribution < -0.4 is 27.2 Å². The van der Waals surface area contributed by atoms with E-state index in [2.05, 4.69) is 25.5 Å². The fourth-order valence-electron chi connectivity index (χ4n) is 10.8. The summed E-state index contributed by atoms with van der Waals surface area (Å²) in [5.41, 5.74) is -0.944. The van der Waals surface area contributed by atoms with E-state index in [1.165, 1.54) is 39.7 Å². The van der Waals surface area contributed by atoms with Crippen LogP contribution in [0.4, 0.5) is 23.7 Å². The highest BCUT2D eigenvalue weighted by atomic mass is 79.9. The van der Waals surface area contributed by atoms with Gasteiger partial charge < -0.3 is 41.5 Å². The van der Waals surface area contributed by atoms with Crippen molar-refractivity contribution in [3.63, 3.8) is 0 Å². The van der Waals surface area contributed by atoms with E-state index in [4.69, 9.17) is 4.74 Å². The Hall–Kier alpha value is -4.53. The summed E-state index contributed by atoms with van der Waals surface area (Å²) < 4.78 is 48.2. The summed E-state index contributed by atoms with van der Waals surface area (Å²) in [5.74, 6) is -0.0777. The number of halogens is 4. The van der Waals surface area contributed by atoms with Crippen LogP contribution in [-0.2, 0) is 26.1 Å². The Morgan fingerprint density at radius 2 is 1.55 bits per heavy atom. The third-order valence-corrected chi connectivity index (χ3v) is 15.8. The van der Waals surface area contributed by atoms with Gasteiger partial charge in [-0.15, -0.1) is 22.7 Å². The summed E-state index contributed by atoms with van der Waals surface area (Å²) in [6.45, 7) is 1.60. The number of amides is 3. The van der Waals surface area contributed by atoms with Crippen molar-refractivity contribution >= 4 is 46.3 Å². The zero-order valence-corrected chi connectivity index (χ0v) is 39.8. The fourth-order valence-corrected chi connectivity index (χ4v) is 12.5. The highest BCUT2D eigenvalue weighted by Crippen LogP contribution is 2.51. The Labute approximate surface area is 397 Å². The van der Waals surface area contributed by atoms with E-state index in [0.717, 1.165) is 93.8 Å². The highest BCUT2D eigenvalue weighted by Gasteiger charge is 2.58. The molecule has 2 aromatic carbocycles. The molecule has 65 heavy (non-hydrogen) atoms. The monoisotopic (exact) mass is 993 g/mol. The highest BCUT2D eigenvalue weighted by molar-refractivity contribution is 7.12. The van der Waals surface area contributed by atoms with Crippen LogP contribution in [0, 0.1) is 23.2 Å². The van der Waals surface area contributed by atoms with E-state index in [0.29, 0.717) is 50.7 Å². The number of hydrogen-bond acceptors (Lipinski definition) is 8. The number of thiophene rings is 2. The Balaban J connectivity index is 0.00000630. The zero-order chi connectivity index (χ0) is 45.2. The number of quaternary nitrogens is 1. The van der Waals surface area contributed by atoms with Crippen molar-refractivity contribution < 1.29 is 58.9 Å². The quantitative estimate of drug-likeness (QED) is 0.0635. The number of alkyl halides is 3. The van der Waals surface area contributed by atoms with Crippen LogP contribution in [0.15, 0.2) is 94.8 Å². The number of nitriles is 1. The van der Waals surface area contributed by atoms with Gasteiger partial charge in [-0.2, -0.15) is 18.4 Å². The van der Waals surface area contributed by atoms with E-state index < -0.39 is 35.4 Å². The number of benzene rings is 2. The minimum absolute atomic E-state index is 0. The molecular weight excluding hydrogens is 940 g/mol. The molecule has 346 valence electrons. The normalized spacial score (nSPS) is 21.9. The predicted octanol–water partition coefficient (Wildman–Crippen LogP) is 6.91. The number of rotatable bonds is 18. The van der Waals surface area contributed by atoms with Gasteiger partial charge >= 0.3 is 18.2 Å². The van der Waals surface area contributed by atoms with Crippen molar-refractivity contribution in [2.45, 2.75) is 101 Å². The van der Waals surface area contributed by atoms with Gasteiger partial charge in [0, 0.05) is 18.4 Å². The van der Waals surface area contributed by atoms with Crippen molar-refractivity contribution in [2.75, 3.05) is 38.6 Å². The average Bonchev–Trinajstić information content (AvgIpc) is 4.14. The maximum Gasteiger partial charge on any atom is 0.416 e. The minimum atomic E-state index is -4.61. The van der Waals surface area contributed by atoms with Gasteiger partial charge in [-0.05, 0) is 97.3 Å². The first-order valence-corrected chi connectivity index (χ1v) is 24.1. The molecule has 8 rings (SSSR count). The number of nitrogens with one attached hydrogen (secondary N) is 1. The van der Waals surface area contributed by atoms with Crippen LogP contribution in [0.2, 0.25) is 0 Å². The zero-order valence-electron chi connectivity index (χ0n) is 36.6. The molecule has 2 aliphatic heterocycles. The van der Waals surface area contributed by atoms with Crippen molar-refractivity contribution in [3.05, 3.63) is 121 Å². The van der Waals surface area contributed by atoms with Crippen LogP contribution in [0.1, 0.15) is 103 Å². The molecule has 2 bridgehead atoms. The largest absolute Gasteiger partial charge is 1.00 e. The lowest BCUT2D eigenvalue weighted by atomic mass is 9.94. The standard InChI is InChI=1S/C49H54F3N5O5S2.BrH/c1-57(2,44-34-22-23-37(44)39(28-34)62-46(59)48(61,40-16-12-26-63-40)41-17-13-27-64-41)25-10-8-6-4-3-5-7-9-24-55-31-38-42(45(55)58)43(33-20-18-32(30-53)19-21-33)54-47(60)56(38)36-15-11-14-35(29-36)49(50,51)52;/h11-21,26-27,29,34,37,39,43-44,61H,3-10,22-25,28,31H2,1-2H3;1H/t34?,37?,39?,43-,44?;/m1./s1. The topological polar surface area (TPSA) is 123 Å². The van der Waals surface area contributed by atoms with Crippen LogP contribution in [-0.4, -0.2) is 78.3 Å². The van der Waals surface area contributed by atoms with E-state index >= 15 is 0 Å². The number of unbranched alkanes of at least 4 members (excludes halogenated alkanes) is 7. The van der Waals surface area contributed by atoms with Gasteiger partial charge in [-0.25, -0.2) is 9.59 Å². The number of aliphatic hydroxyl groups is 1. The van der Waals surface area contributed by atoms with Crippen molar-refractivity contribution in [1.82, 2.24) is 10.2 Å². The molecule has 2 aliphatic carbocycles. The smallest absolute Gasteiger partial charge is 0.416 e. The lowest BCUT2D eigenvalue weighted by Crippen LogP contribution is -3.00. The number of fused-ring (bicyclic) bond motifs is 2. The summed E-state index contributed by atoms with van der Waals surface area (Å²) >= 11 is 2.72. The number of anilines is 1. The van der Waals surface area contributed by atoms with Gasteiger partial charge in [-0.3, -0.25) is 9.69 Å². The third-order valence-electron chi connectivity index (χ3n) is 13.8. The number of nitrogens with zero attached hydrogens (tertiary/aromatic N) is 4. The predicted molar refractivity (Wildman–Crippen MR) is 240 cm³/mol. The summed E-state index contributed by atoms with van der Waals surface area (Å²) in [6, 6.07) is 19.5. The van der Waals surface area contributed by atoms with Crippen molar-refractivity contribution in [3.8, 4) is 6.07 Å². The Kier molecular flexibility index (Phi) is 15.0. The lowest BCUT2D eigenvalue weighted by molar-refractivity contribution is -0.919. The second kappa shape index (κ2) is 20.1. The molecule has 5 atom stereocenters. The molecule has 2 aromatic heterocycles. The molecule has 10 nitrogen and oxygen atoms in total. The van der Waals surface area contributed by atoms with E-state index in [1.54, 1.807) is 41.3 Å². The molecule has 16 heteroatoms. The van der Waals surface area contributed by atoms with Gasteiger partial charge in [0.15, 0.2) is 0 Å². The number of urea groups is 1. The average molecular weight is 995 g/mol. The number of carbonyl (C=O) groups is 3. The minimum Gasteiger partial charge on any atom is -1.00 e. The number of ether oxygens (including phenoxy) is 1. The number of esters is 1.